The van der Waals surface area contributed by atoms with Gasteiger partial charge < -0.3 is 31.2 Å². The van der Waals surface area contributed by atoms with Gasteiger partial charge in [-0.25, -0.2) is 9.59 Å². The number of primary amides is 1. The first-order valence-electron chi connectivity index (χ1n) is 10.9. The lowest BCUT2D eigenvalue weighted by atomic mass is 10.1. The van der Waals surface area contributed by atoms with Gasteiger partial charge in [0.15, 0.2) is 0 Å². The van der Waals surface area contributed by atoms with E-state index in [-0.39, 0.29) is 26.2 Å². The van der Waals surface area contributed by atoms with Gasteiger partial charge in [0, 0.05) is 6.54 Å². The van der Waals surface area contributed by atoms with Crippen molar-refractivity contribution in [2.24, 2.45) is 5.73 Å². The zero-order chi connectivity index (χ0) is 24.6. The van der Waals surface area contributed by atoms with Crippen LogP contribution in [0.25, 0.3) is 0 Å². The molecule has 0 spiro atoms. The van der Waals surface area contributed by atoms with E-state index in [2.05, 4.69) is 16.0 Å². The monoisotopic (exact) mass is 470 g/mol. The van der Waals surface area contributed by atoms with Gasteiger partial charge in [0.05, 0.1) is 6.54 Å². The molecular weight excluding hydrogens is 440 g/mol. The summed E-state index contributed by atoms with van der Waals surface area (Å²) in [5.74, 6) is -1.25. The van der Waals surface area contributed by atoms with E-state index >= 15 is 0 Å². The molecule has 0 aromatic heterocycles. The van der Waals surface area contributed by atoms with Gasteiger partial charge in [-0.15, -0.1) is 0 Å². The zero-order valence-electron chi connectivity index (χ0n) is 18.8. The number of benzene rings is 2. The number of unbranched alkanes of at least 4 members (excludes halogenated alkanes) is 1. The van der Waals surface area contributed by atoms with E-state index in [9.17, 15) is 19.2 Å². The molecule has 0 saturated carbocycles. The molecule has 2 aromatic carbocycles. The Bertz CT molecular complexity index is 924. The van der Waals surface area contributed by atoms with Crippen LogP contribution in [-0.2, 0) is 32.3 Å². The third-order valence-corrected chi connectivity index (χ3v) is 4.66. The van der Waals surface area contributed by atoms with E-state index in [1.807, 2.05) is 60.7 Å². The van der Waals surface area contributed by atoms with Crippen molar-refractivity contribution < 1.29 is 28.7 Å². The minimum Gasteiger partial charge on any atom is -0.445 e. The van der Waals surface area contributed by atoms with Crippen molar-refractivity contribution in [3.05, 3.63) is 71.8 Å². The Labute approximate surface area is 198 Å². The molecular formula is C24H30N4O6. The highest BCUT2D eigenvalue weighted by atomic mass is 16.6. The van der Waals surface area contributed by atoms with Crippen LogP contribution in [0.4, 0.5) is 9.59 Å². The van der Waals surface area contributed by atoms with Crippen molar-refractivity contribution >= 4 is 24.0 Å². The molecule has 1 unspecified atom stereocenters. The van der Waals surface area contributed by atoms with E-state index in [1.54, 1.807) is 0 Å². The smallest absolute Gasteiger partial charge is 0.408 e. The Morgan fingerprint density at radius 1 is 0.765 bits per heavy atom. The second kappa shape index (κ2) is 14.9. The number of carbonyl (C=O) groups excluding carboxylic acids is 4. The number of alkyl carbamates (subject to hydrolysis) is 2. The maximum atomic E-state index is 12.4. The van der Waals surface area contributed by atoms with Crippen LogP contribution < -0.4 is 21.7 Å². The van der Waals surface area contributed by atoms with Gasteiger partial charge in [-0.2, -0.15) is 0 Å². The number of carbonyl (C=O) groups is 4. The topological polar surface area (TPSA) is 149 Å². The summed E-state index contributed by atoms with van der Waals surface area (Å²) in [6.07, 6.45) is 0.0204. The van der Waals surface area contributed by atoms with Crippen LogP contribution >= 0.6 is 0 Å². The fourth-order valence-electron chi connectivity index (χ4n) is 2.91. The summed E-state index contributed by atoms with van der Waals surface area (Å²) < 4.78 is 10.3. The Balaban J connectivity index is 1.72. The highest BCUT2D eigenvalue weighted by molar-refractivity contribution is 5.88. The third-order valence-electron chi connectivity index (χ3n) is 4.66. The number of rotatable bonds is 13. The molecule has 34 heavy (non-hydrogen) atoms. The van der Waals surface area contributed by atoms with Crippen molar-refractivity contribution in [2.45, 2.75) is 38.5 Å². The Hall–Kier alpha value is -4.08. The predicted molar refractivity (Wildman–Crippen MR) is 124 cm³/mol. The number of nitrogens with two attached hydrogens (primary N) is 1. The molecule has 1 atom stereocenters. The van der Waals surface area contributed by atoms with E-state index in [4.69, 9.17) is 15.2 Å². The second-order valence-corrected chi connectivity index (χ2v) is 7.43. The van der Waals surface area contributed by atoms with Gasteiger partial charge in [0.25, 0.3) is 0 Å². The van der Waals surface area contributed by atoms with Gasteiger partial charge >= 0.3 is 12.2 Å². The molecule has 0 heterocycles. The first-order valence-corrected chi connectivity index (χ1v) is 10.9. The molecule has 0 aliphatic carbocycles. The molecule has 10 nitrogen and oxygen atoms in total. The lowest BCUT2D eigenvalue weighted by Gasteiger charge is -2.18. The number of ether oxygens (including phenoxy) is 2. The molecule has 10 heteroatoms. The molecule has 0 radical (unpaired) electrons. The summed E-state index contributed by atoms with van der Waals surface area (Å²) in [4.78, 5) is 47.3. The maximum absolute atomic E-state index is 12.4. The quantitative estimate of drug-likeness (QED) is 0.329. The number of amides is 4. The lowest BCUT2D eigenvalue weighted by molar-refractivity contribution is -0.126. The SMILES string of the molecule is NC(=O)CNC(=O)C(CCCCNC(=O)OCc1ccccc1)NC(=O)OCc1ccccc1. The molecule has 4 amide bonds. The average molecular weight is 471 g/mol. The van der Waals surface area contributed by atoms with Crippen LogP contribution in [0.5, 0.6) is 0 Å². The van der Waals surface area contributed by atoms with Crippen LogP contribution in [0.2, 0.25) is 0 Å². The molecule has 5 N–H and O–H groups in total. The second-order valence-electron chi connectivity index (χ2n) is 7.43. The largest absolute Gasteiger partial charge is 0.445 e. The standard InChI is InChI=1S/C24H30N4O6/c25-21(29)15-27-22(30)20(28-24(32)34-17-19-11-5-2-6-12-19)13-7-8-14-26-23(31)33-16-18-9-3-1-4-10-18/h1-6,9-12,20H,7-8,13-17H2,(H2,25,29)(H,26,31)(H,27,30)(H,28,32). The lowest BCUT2D eigenvalue weighted by Crippen LogP contribution is -2.48. The first-order chi connectivity index (χ1) is 16.4. The Morgan fingerprint density at radius 3 is 1.88 bits per heavy atom. The average Bonchev–Trinajstić information content (AvgIpc) is 2.85. The number of hydrogen-bond donors (Lipinski definition) is 4. The fraction of sp³-hybridized carbons (Fsp3) is 0.333. The number of nitrogens with one attached hydrogen (secondary N) is 3. The molecule has 0 fully saturated rings. The molecule has 0 aliphatic rings. The third kappa shape index (κ3) is 11.0. The van der Waals surface area contributed by atoms with Crippen molar-refractivity contribution in [3.63, 3.8) is 0 Å². The van der Waals surface area contributed by atoms with Crippen LogP contribution in [0.1, 0.15) is 30.4 Å². The van der Waals surface area contributed by atoms with E-state index in [0.717, 1.165) is 11.1 Å². The van der Waals surface area contributed by atoms with Gasteiger partial charge in [0.1, 0.15) is 19.3 Å². The normalized spacial score (nSPS) is 11.1. The minimum absolute atomic E-state index is 0.0529. The van der Waals surface area contributed by atoms with Crippen molar-refractivity contribution in [1.29, 1.82) is 0 Å². The molecule has 2 rings (SSSR count). The van der Waals surface area contributed by atoms with Crippen LogP contribution in [-0.4, -0.2) is 43.1 Å². The van der Waals surface area contributed by atoms with Gasteiger partial charge in [0.2, 0.25) is 11.8 Å². The highest BCUT2D eigenvalue weighted by Gasteiger charge is 2.21. The summed E-state index contributed by atoms with van der Waals surface area (Å²) in [5.41, 5.74) is 6.75. The maximum Gasteiger partial charge on any atom is 0.408 e. The molecule has 0 saturated heterocycles. The summed E-state index contributed by atoms with van der Waals surface area (Å²) in [6, 6.07) is 17.5. The summed E-state index contributed by atoms with van der Waals surface area (Å²) >= 11 is 0. The Morgan fingerprint density at radius 2 is 1.32 bits per heavy atom. The first kappa shape index (κ1) is 26.2. The van der Waals surface area contributed by atoms with Crippen molar-refractivity contribution in [1.82, 2.24) is 16.0 Å². The van der Waals surface area contributed by atoms with Crippen LogP contribution in [0.3, 0.4) is 0 Å². The van der Waals surface area contributed by atoms with Crippen molar-refractivity contribution in [3.8, 4) is 0 Å². The van der Waals surface area contributed by atoms with Crippen LogP contribution in [0.15, 0.2) is 60.7 Å². The predicted octanol–water partition coefficient (Wildman–Crippen LogP) is 1.98. The summed E-state index contributed by atoms with van der Waals surface area (Å²) in [5, 5.41) is 7.53. The van der Waals surface area contributed by atoms with Gasteiger partial charge in [-0.05, 0) is 30.4 Å². The van der Waals surface area contributed by atoms with Gasteiger partial charge in [-0.1, -0.05) is 60.7 Å². The van der Waals surface area contributed by atoms with E-state index in [1.165, 1.54) is 0 Å². The number of hydrogen-bond acceptors (Lipinski definition) is 6. The molecule has 2 aromatic rings. The van der Waals surface area contributed by atoms with Gasteiger partial charge in [-0.3, -0.25) is 9.59 Å². The molecule has 0 bridgehead atoms. The van der Waals surface area contributed by atoms with E-state index < -0.39 is 30.0 Å². The minimum atomic E-state index is -0.923. The fourth-order valence-corrected chi connectivity index (χ4v) is 2.91. The molecule has 0 aliphatic heterocycles. The highest BCUT2D eigenvalue weighted by Crippen LogP contribution is 2.05. The molecule has 182 valence electrons. The van der Waals surface area contributed by atoms with E-state index in [0.29, 0.717) is 19.4 Å². The Kier molecular flexibility index (Phi) is 11.5. The summed E-state index contributed by atoms with van der Waals surface area (Å²) in [6.45, 7) is 0.216. The zero-order valence-corrected chi connectivity index (χ0v) is 18.8. The van der Waals surface area contributed by atoms with Crippen LogP contribution in [0, 0.1) is 0 Å². The van der Waals surface area contributed by atoms with Crippen molar-refractivity contribution in [2.75, 3.05) is 13.1 Å². The summed E-state index contributed by atoms with van der Waals surface area (Å²) in [7, 11) is 0.